The van der Waals surface area contributed by atoms with Crippen LogP contribution in [0.2, 0.25) is 5.02 Å². The molecule has 4 rings (SSSR count). The number of aromatic nitrogens is 2. The Labute approximate surface area is 113 Å². The zero-order valence-electron chi connectivity index (χ0n) is 9.85. The number of rotatable bonds is 1. The Kier molecular flexibility index (Phi) is 2.17. The molecule has 0 amide bonds. The summed E-state index contributed by atoms with van der Waals surface area (Å²) in [4.78, 5) is 7.72. The van der Waals surface area contributed by atoms with E-state index in [0.717, 1.165) is 22.0 Å². The number of fused-ring (bicyclic) bond motifs is 2. The van der Waals surface area contributed by atoms with E-state index < -0.39 is 0 Å². The molecule has 0 radical (unpaired) electrons. The molecular weight excluding hydrogens is 260 g/mol. The number of imidazole rings is 1. The normalized spacial score (nSPS) is 11.4. The van der Waals surface area contributed by atoms with E-state index in [0.29, 0.717) is 16.6 Å². The smallest absolute Gasteiger partial charge is 0.174 e. The molecule has 0 saturated carbocycles. The molecule has 0 fully saturated rings. The highest BCUT2D eigenvalue weighted by Crippen LogP contribution is 2.29. The van der Waals surface area contributed by atoms with Crippen LogP contribution in [0.25, 0.3) is 33.6 Å². The first kappa shape index (κ1) is 10.6. The fourth-order valence-corrected chi connectivity index (χ4v) is 2.43. The number of benzene rings is 2. The molecule has 0 aliphatic rings. The molecule has 3 nitrogen and oxygen atoms in total. The summed E-state index contributed by atoms with van der Waals surface area (Å²) >= 11 is 6.12. The molecule has 0 aliphatic carbocycles. The molecule has 0 saturated heterocycles. The lowest BCUT2D eigenvalue weighted by atomic mass is 10.2. The van der Waals surface area contributed by atoms with Crippen molar-refractivity contribution < 1.29 is 4.42 Å². The third-order valence-corrected chi connectivity index (χ3v) is 3.43. The minimum Gasteiger partial charge on any atom is -0.453 e. The molecule has 2 aromatic carbocycles. The summed E-state index contributed by atoms with van der Waals surface area (Å²) in [5.74, 6) is 1.41. The van der Waals surface area contributed by atoms with Crippen LogP contribution in [0.5, 0.6) is 0 Å². The third kappa shape index (κ3) is 1.63. The average Bonchev–Trinajstić information content (AvgIpc) is 3.02. The first-order valence-electron chi connectivity index (χ1n) is 5.94. The van der Waals surface area contributed by atoms with Gasteiger partial charge in [0.15, 0.2) is 11.6 Å². The minimum absolute atomic E-state index is 0.635. The maximum absolute atomic E-state index is 6.12. The van der Waals surface area contributed by atoms with Gasteiger partial charge in [0.25, 0.3) is 0 Å². The minimum atomic E-state index is 0.635. The average molecular weight is 269 g/mol. The molecular formula is C15H9ClN2O. The van der Waals surface area contributed by atoms with Crippen molar-refractivity contribution in [1.82, 2.24) is 9.97 Å². The van der Waals surface area contributed by atoms with E-state index in [9.17, 15) is 0 Å². The summed E-state index contributed by atoms with van der Waals surface area (Å²) in [6.45, 7) is 0. The number of aromatic amines is 1. The van der Waals surface area contributed by atoms with Crippen LogP contribution in [0.3, 0.4) is 0 Å². The van der Waals surface area contributed by atoms with Crippen molar-refractivity contribution in [3.05, 3.63) is 53.6 Å². The lowest BCUT2D eigenvalue weighted by Crippen LogP contribution is -1.74. The Morgan fingerprint density at radius 3 is 2.79 bits per heavy atom. The van der Waals surface area contributed by atoms with E-state index in [4.69, 9.17) is 16.0 Å². The van der Waals surface area contributed by atoms with E-state index in [1.165, 1.54) is 0 Å². The number of furan rings is 1. The third-order valence-electron chi connectivity index (χ3n) is 3.12. The molecule has 0 aliphatic heterocycles. The lowest BCUT2D eigenvalue weighted by Gasteiger charge is -1.88. The van der Waals surface area contributed by atoms with Crippen molar-refractivity contribution in [3.8, 4) is 11.6 Å². The van der Waals surface area contributed by atoms with Crippen molar-refractivity contribution in [2.24, 2.45) is 0 Å². The first-order chi connectivity index (χ1) is 9.31. The Morgan fingerprint density at radius 1 is 1.05 bits per heavy atom. The van der Waals surface area contributed by atoms with Gasteiger partial charge in [0.2, 0.25) is 0 Å². The van der Waals surface area contributed by atoms with E-state index >= 15 is 0 Å². The molecule has 4 aromatic rings. The zero-order chi connectivity index (χ0) is 12.8. The number of hydrogen-bond donors (Lipinski definition) is 1. The highest BCUT2D eigenvalue weighted by molar-refractivity contribution is 6.34. The summed E-state index contributed by atoms with van der Waals surface area (Å²) in [5.41, 5.74) is 2.52. The Balaban J connectivity index is 1.96. The van der Waals surface area contributed by atoms with Gasteiger partial charge in [-0.15, -0.1) is 0 Å². The van der Waals surface area contributed by atoms with Gasteiger partial charge in [-0.25, -0.2) is 4.98 Å². The number of nitrogens with one attached hydrogen (secondary N) is 1. The van der Waals surface area contributed by atoms with E-state index in [2.05, 4.69) is 9.97 Å². The molecule has 0 spiro atoms. The van der Waals surface area contributed by atoms with Crippen molar-refractivity contribution in [3.63, 3.8) is 0 Å². The van der Waals surface area contributed by atoms with Crippen molar-refractivity contribution in [1.29, 1.82) is 0 Å². The van der Waals surface area contributed by atoms with E-state index in [1.54, 1.807) is 0 Å². The number of halogens is 1. The number of nitrogens with zero attached hydrogens (tertiary/aromatic N) is 1. The summed E-state index contributed by atoms with van der Waals surface area (Å²) in [5, 5.41) is 1.69. The second kappa shape index (κ2) is 3.87. The molecule has 2 heterocycles. The summed E-state index contributed by atoms with van der Waals surface area (Å²) < 4.78 is 5.79. The lowest BCUT2D eigenvalue weighted by molar-refractivity contribution is 0.627. The summed E-state index contributed by atoms with van der Waals surface area (Å²) in [6.07, 6.45) is 0. The maximum atomic E-state index is 6.12. The van der Waals surface area contributed by atoms with E-state index in [-0.39, 0.29) is 0 Å². The largest absolute Gasteiger partial charge is 0.453 e. The molecule has 0 atom stereocenters. The van der Waals surface area contributed by atoms with Gasteiger partial charge in [0, 0.05) is 5.39 Å². The predicted molar refractivity (Wildman–Crippen MR) is 76.3 cm³/mol. The van der Waals surface area contributed by atoms with Gasteiger partial charge in [0.1, 0.15) is 11.1 Å². The standard InChI is InChI=1S/C15H9ClN2O/c16-10-5-3-6-11-14(10)18-15(17-11)13-8-9-4-1-2-7-12(9)19-13/h1-8H,(H,17,18). The molecule has 92 valence electrons. The Bertz CT molecular complexity index is 858. The first-order valence-corrected chi connectivity index (χ1v) is 6.32. The fourth-order valence-electron chi connectivity index (χ4n) is 2.21. The van der Waals surface area contributed by atoms with Crippen LogP contribution in [-0.4, -0.2) is 9.97 Å². The predicted octanol–water partition coefficient (Wildman–Crippen LogP) is 4.63. The molecule has 4 heteroatoms. The summed E-state index contributed by atoms with van der Waals surface area (Å²) in [6, 6.07) is 15.5. The Morgan fingerprint density at radius 2 is 1.95 bits per heavy atom. The Hall–Kier alpha value is -2.26. The molecule has 19 heavy (non-hydrogen) atoms. The van der Waals surface area contributed by atoms with Gasteiger partial charge in [-0.3, -0.25) is 0 Å². The van der Waals surface area contributed by atoms with Gasteiger partial charge in [-0.1, -0.05) is 35.9 Å². The molecule has 1 N–H and O–H groups in total. The van der Waals surface area contributed by atoms with Crippen molar-refractivity contribution in [2.75, 3.05) is 0 Å². The van der Waals surface area contributed by atoms with Crippen LogP contribution < -0.4 is 0 Å². The maximum Gasteiger partial charge on any atom is 0.174 e. The van der Waals surface area contributed by atoms with Crippen LogP contribution in [-0.2, 0) is 0 Å². The quantitative estimate of drug-likeness (QED) is 0.547. The van der Waals surface area contributed by atoms with Crippen molar-refractivity contribution in [2.45, 2.75) is 0 Å². The van der Waals surface area contributed by atoms with E-state index in [1.807, 2.05) is 48.5 Å². The second-order valence-corrected chi connectivity index (χ2v) is 4.78. The zero-order valence-corrected chi connectivity index (χ0v) is 10.6. The van der Waals surface area contributed by atoms with Gasteiger partial charge >= 0.3 is 0 Å². The van der Waals surface area contributed by atoms with Crippen molar-refractivity contribution >= 4 is 33.6 Å². The number of H-pyrrole nitrogens is 1. The van der Waals surface area contributed by atoms with Crippen LogP contribution in [0.15, 0.2) is 52.9 Å². The van der Waals surface area contributed by atoms with Gasteiger partial charge in [-0.05, 0) is 24.3 Å². The van der Waals surface area contributed by atoms with Crippen LogP contribution in [0.1, 0.15) is 0 Å². The summed E-state index contributed by atoms with van der Waals surface area (Å²) in [7, 11) is 0. The van der Waals surface area contributed by atoms with Crippen LogP contribution in [0.4, 0.5) is 0 Å². The SMILES string of the molecule is Clc1cccc2[nH]c(-c3cc4ccccc4o3)nc12. The van der Waals surface area contributed by atoms with Crippen LogP contribution in [0, 0.1) is 0 Å². The molecule has 2 aromatic heterocycles. The highest BCUT2D eigenvalue weighted by Gasteiger charge is 2.11. The molecule has 0 bridgehead atoms. The number of para-hydroxylation sites is 2. The van der Waals surface area contributed by atoms with Gasteiger partial charge in [0.05, 0.1) is 10.5 Å². The fraction of sp³-hybridized carbons (Fsp3) is 0. The molecule has 0 unspecified atom stereocenters. The monoisotopic (exact) mass is 268 g/mol. The van der Waals surface area contributed by atoms with Crippen LogP contribution >= 0.6 is 11.6 Å². The second-order valence-electron chi connectivity index (χ2n) is 4.37. The highest BCUT2D eigenvalue weighted by atomic mass is 35.5. The van der Waals surface area contributed by atoms with Gasteiger partial charge < -0.3 is 9.40 Å². The van der Waals surface area contributed by atoms with Gasteiger partial charge in [-0.2, -0.15) is 0 Å². The topological polar surface area (TPSA) is 41.8 Å². The number of hydrogen-bond acceptors (Lipinski definition) is 2.